The van der Waals surface area contributed by atoms with Gasteiger partial charge in [-0.25, -0.2) is 4.79 Å². The van der Waals surface area contributed by atoms with E-state index >= 15 is 0 Å². The summed E-state index contributed by atoms with van der Waals surface area (Å²) in [7, 11) is 0. The number of piperidine rings is 1. The zero-order chi connectivity index (χ0) is 17.3. The number of anilines is 1. The zero-order valence-corrected chi connectivity index (χ0v) is 14.8. The Labute approximate surface area is 143 Å². The molecule has 0 aromatic heterocycles. The van der Waals surface area contributed by atoms with Gasteiger partial charge >= 0.3 is 6.03 Å². The van der Waals surface area contributed by atoms with E-state index in [1.165, 1.54) is 0 Å². The zero-order valence-electron chi connectivity index (χ0n) is 14.8. The SMILES string of the molecule is CC(C)(C)CNC(=O)N1CCC(C2C(=O)Nc3ccccc32)CC1. The van der Waals surface area contributed by atoms with E-state index in [0.29, 0.717) is 25.6 Å². The molecule has 0 aliphatic carbocycles. The molecule has 1 saturated heterocycles. The molecule has 24 heavy (non-hydrogen) atoms. The number of likely N-dealkylation sites (tertiary alicyclic amines) is 1. The van der Waals surface area contributed by atoms with Gasteiger partial charge in [-0.05, 0) is 35.8 Å². The molecule has 0 bridgehead atoms. The number of amides is 3. The van der Waals surface area contributed by atoms with Gasteiger partial charge in [0.2, 0.25) is 5.91 Å². The highest BCUT2D eigenvalue weighted by Gasteiger charge is 2.38. The van der Waals surface area contributed by atoms with Gasteiger partial charge in [0.1, 0.15) is 0 Å². The number of fused-ring (bicyclic) bond motifs is 1. The van der Waals surface area contributed by atoms with Gasteiger partial charge < -0.3 is 15.5 Å². The molecule has 2 aliphatic heterocycles. The quantitative estimate of drug-likeness (QED) is 0.875. The lowest BCUT2D eigenvalue weighted by atomic mass is 9.81. The highest BCUT2D eigenvalue weighted by molar-refractivity contribution is 6.03. The Kier molecular flexibility index (Phi) is 4.52. The van der Waals surface area contributed by atoms with Crippen LogP contribution in [0.3, 0.4) is 0 Å². The number of carbonyl (C=O) groups excluding carboxylic acids is 2. The van der Waals surface area contributed by atoms with Crippen LogP contribution in [0.4, 0.5) is 10.5 Å². The largest absolute Gasteiger partial charge is 0.337 e. The molecule has 1 unspecified atom stereocenters. The molecule has 5 heteroatoms. The second-order valence-electron chi connectivity index (χ2n) is 8.10. The number of nitrogens with one attached hydrogen (secondary N) is 2. The lowest BCUT2D eigenvalue weighted by Gasteiger charge is -2.34. The number of urea groups is 1. The fourth-order valence-corrected chi connectivity index (χ4v) is 3.59. The molecular weight excluding hydrogens is 302 g/mol. The number of hydrogen-bond donors (Lipinski definition) is 2. The highest BCUT2D eigenvalue weighted by Crippen LogP contribution is 2.41. The van der Waals surface area contributed by atoms with E-state index in [4.69, 9.17) is 0 Å². The Morgan fingerprint density at radius 2 is 1.92 bits per heavy atom. The minimum absolute atomic E-state index is 0.0136. The Hall–Kier alpha value is -2.04. The van der Waals surface area contributed by atoms with Crippen LogP contribution >= 0.6 is 0 Å². The molecule has 1 atom stereocenters. The molecule has 130 valence electrons. The van der Waals surface area contributed by atoms with Crippen LogP contribution in [0.1, 0.15) is 45.1 Å². The third kappa shape index (κ3) is 3.55. The third-order valence-electron chi connectivity index (χ3n) is 4.90. The van der Waals surface area contributed by atoms with Crippen LogP contribution in [0.25, 0.3) is 0 Å². The van der Waals surface area contributed by atoms with Crippen LogP contribution in [-0.4, -0.2) is 36.5 Å². The monoisotopic (exact) mass is 329 g/mol. The van der Waals surface area contributed by atoms with E-state index in [1.54, 1.807) is 0 Å². The molecule has 0 spiro atoms. The Bertz CT molecular complexity index is 628. The predicted molar refractivity (Wildman–Crippen MR) is 95.0 cm³/mol. The van der Waals surface area contributed by atoms with Crippen molar-refractivity contribution in [2.75, 3.05) is 25.0 Å². The van der Waals surface area contributed by atoms with E-state index in [-0.39, 0.29) is 23.3 Å². The molecular formula is C19H27N3O2. The number of benzene rings is 1. The van der Waals surface area contributed by atoms with Gasteiger partial charge in [0.05, 0.1) is 5.92 Å². The fourth-order valence-electron chi connectivity index (χ4n) is 3.59. The summed E-state index contributed by atoms with van der Waals surface area (Å²) in [6, 6.07) is 7.95. The summed E-state index contributed by atoms with van der Waals surface area (Å²) in [6.07, 6.45) is 1.74. The molecule has 1 aromatic rings. The molecule has 2 aliphatic rings. The number of rotatable bonds is 2. The van der Waals surface area contributed by atoms with E-state index in [2.05, 4.69) is 31.4 Å². The molecule has 3 rings (SSSR count). The van der Waals surface area contributed by atoms with Crippen molar-refractivity contribution in [1.29, 1.82) is 0 Å². The Balaban J connectivity index is 1.58. The van der Waals surface area contributed by atoms with Crippen molar-refractivity contribution in [3.8, 4) is 0 Å². The first-order chi connectivity index (χ1) is 11.3. The third-order valence-corrected chi connectivity index (χ3v) is 4.90. The van der Waals surface area contributed by atoms with Gasteiger partial charge in [-0.15, -0.1) is 0 Å². The smallest absolute Gasteiger partial charge is 0.317 e. The van der Waals surface area contributed by atoms with Crippen molar-refractivity contribution in [1.82, 2.24) is 10.2 Å². The summed E-state index contributed by atoms with van der Waals surface area (Å²) in [5.41, 5.74) is 2.13. The maximum Gasteiger partial charge on any atom is 0.317 e. The highest BCUT2D eigenvalue weighted by atomic mass is 16.2. The molecule has 2 N–H and O–H groups in total. The summed E-state index contributed by atoms with van der Waals surface area (Å²) >= 11 is 0. The topological polar surface area (TPSA) is 61.4 Å². The average molecular weight is 329 g/mol. The lowest BCUT2D eigenvalue weighted by Crippen LogP contribution is -2.47. The number of hydrogen-bond acceptors (Lipinski definition) is 2. The molecule has 0 radical (unpaired) electrons. The van der Waals surface area contributed by atoms with Gasteiger partial charge in [-0.3, -0.25) is 4.79 Å². The first kappa shape index (κ1) is 16.8. The second kappa shape index (κ2) is 6.46. The van der Waals surface area contributed by atoms with Crippen molar-refractivity contribution in [2.24, 2.45) is 11.3 Å². The van der Waals surface area contributed by atoms with Crippen molar-refractivity contribution in [3.05, 3.63) is 29.8 Å². The van der Waals surface area contributed by atoms with Crippen LogP contribution in [0.5, 0.6) is 0 Å². The summed E-state index contributed by atoms with van der Waals surface area (Å²) < 4.78 is 0. The van der Waals surface area contributed by atoms with Crippen LogP contribution in [-0.2, 0) is 4.79 Å². The first-order valence-corrected chi connectivity index (χ1v) is 8.78. The van der Waals surface area contributed by atoms with Gasteiger partial charge in [-0.1, -0.05) is 39.0 Å². The van der Waals surface area contributed by atoms with Crippen LogP contribution in [0.2, 0.25) is 0 Å². The van der Waals surface area contributed by atoms with Gasteiger partial charge in [0.15, 0.2) is 0 Å². The summed E-state index contributed by atoms with van der Waals surface area (Å²) in [4.78, 5) is 26.5. The molecule has 1 fully saturated rings. The van der Waals surface area contributed by atoms with Crippen molar-refractivity contribution >= 4 is 17.6 Å². The van der Waals surface area contributed by atoms with Gasteiger partial charge in [-0.2, -0.15) is 0 Å². The van der Waals surface area contributed by atoms with Crippen LogP contribution < -0.4 is 10.6 Å². The van der Waals surface area contributed by atoms with Crippen molar-refractivity contribution in [3.63, 3.8) is 0 Å². The second-order valence-corrected chi connectivity index (χ2v) is 8.10. The summed E-state index contributed by atoms with van der Waals surface area (Å²) in [5, 5.41) is 5.99. The lowest BCUT2D eigenvalue weighted by molar-refractivity contribution is -0.118. The van der Waals surface area contributed by atoms with Crippen LogP contribution in [0.15, 0.2) is 24.3 Å². The number of nitrogens with zero attached hydrogens (tertiary/aromatic N) is 1. The number of para-hydroxylation sites is 1. The standard InChI is InChI=1S/C19H27N3O2/c1-19(2,3)12-20-18(24)22-10-8-13(9-11-22)16-14-6-4-5-7-15(14)21-17(16)23/h4-7,13,16H,8-12H2,1-3H3,(H,20,24)(H,21,23). The molecule has 3 amide bonds. The normalized spacial score (nSPS) is 21.4. The maximum absolute atomic E-state index is 12.4. The molecule has 0 saturated carbocycles. The Morgan fingerprint density at radius 1 is 1.25 bits per heavy atom. The van der Waals surface area contributed by atoms with Gasteiger partial charge in [0.25, 0.3) is 0 Å². The summed E-state index contributed by atoms with van der Waals surface area (Å²) in [6.45, 7) is 8.42. The molecule has 5 nitrogen and oxygen atoms in total. The minimum Gasteiger partial charge on any atom is -0.337 e. The predicted octanol–water partition coefficient (Wildman–Crippen LogP) is 3.19. The van der Waals surface area contributed by atoms with Gasteiger partial charge in [0, 0.05) is 25.3 Å². The molecule has 2 heterocycles. The van der Waals surface area contributed by atoms with Crippen molar-refractivity contribution < 1.29 is 9.59 Å². The first-order valence-electron chi connectivity index (χ1n) is 8.78. The van der Waals surface area contributed by atoms with E-state index < -0.39 is 0 Å². The van der Waals surface area contributed by atoms with E-state index in [0.717, 1.165) is 24.1 Å². The average Bonchev–Trinajstić information content (AvgIpc) is 2.88. The fraction of sp³-hybridized carbons (Fsp3) is 0.579. The maximum atomic E-state index is 12.4. The minimum atomic E-state index is -0.0685. The van der Waals surface area contributed by atoms with Crippen LogP contribution in [0, 0.1) is 11.3 Å². The van der Waals surface area contributed by atoms with E-state index in [9.17, 15) is 9.59 Å². The Morgan fingerprint density at radius 3 is 2.58 bits per heavy atom. The van der Waals surface area contributed by atoms with E-state index in [1.807, 2.05) is 29.2 Å². The molecule has 1 aromatic carbocycles. The number of carbonyl (C=O) groups is 2. The summed E-state index contributed by atoms with van der Waals surface area (Å²) in [5.74, 6) is 0.341. The van der Waals surface area contributed by atoms with Crippen molar-refractivity contribution in [2.45, 2.75) is 39.5 Å².